The third-order valence-corrected chi connectivity index (χ3v) is 5.10. The summed E-state index contributed by atoms with van der Waals surface area (Å²) in [5.41, 5.74) is 1.84. The van der Waals surface area contributed by atoms with Crippen LogP contribution in [0.15, 0.2) is 58.1 Å². The first kappa shape index (κ1) is 19.4. The number of aromatic carboxylic acids is 1. The molecule has 1 aromatic heterocycles. The summed E-state index contributed by atoms with van der Waals surface area (Å²) >= 11 is 1.01. The topological polar surface area (TPSA) is 119 Å². The summed E-state index contributed by atoms with van der Waals surface area (Å²) in [6.45, 7) is 3.40. The molecule has 1 unspecified atom stereocenters. The molecule has 0 saturated heterocycles. The Morgan fingerprint density at radius 1 is 1.25 bits per heavy atom. The largest absolute Gasteiger partial charge is 0.538 e. The maximum absolute atomic E-state index is 12.6. The van der Waals surface area contributed by atoms with Gasteiger partial charge in [0.15, 0.2) is 5.95 Å². The van der Waals surface area contributed by atoms with Gasteiger partial charge in [0.25, 0.3) is 5.03 Å². The SMILES string of the molecule is Cc1ccc(C(=O)O)cc1NC(=O)C(C)Sc1c([O-])on[n+]1-c1ccccc1. The van der Waals surface area contributed by atoms with Gasteiger partial charge in [-0.15, -0.1) is 0 Å². The zero-order valence-electron chi connectivity index (χ0n) is 15.1. The molecule has 28 heavy (non-hydrogen) atoms. The lowest BCUT2D eigenvalue weighted by atomic mass is 10.1. The molecule has 0 bridgehead atoms. The molecule has 2 N–H and O–H groups in total. The predicted molar refractivity (Wildman–Crippen MR) is 99.6 cm³/mol. The fourth-order valence-electron chi connectivity index (χ4n) is 2.42. The molecule has 0 aliphatic rings. The molecular weight excluding hydrogens is 382 g/mol. The van der Waals surface area contributed by atoms with Crippen LogP contribution in [-0.2, 0) is 4.79 Å². The van der Waals surface area contributed by atoms with Crippen LogP contribution in [0.3, 0.4) is 0 Å². The summed E-state index contributed by atoms with van der Waals surface area (Å²) in [7, 11) is 0. The first-order valence-electron chi connectivity index (χ1n) is 8.32. The van der Waals surface area contributed by atoms with Gasteiger partial charge < -0.3 is 20.1 Å². The Bertz CT molecular complexity index is 1020. The standard InChI is InChI=1S/C19H17N3O5S/c1-11-8-9-13(18(24)25)10-15(11)20-16(23)12(2)28-17-19(26)27-21-22(17)14-6-4-3-5-7-14/h3-10,12H,1-2H3,(H2-,20,21,23,24,25,26). The molecule has 0 aliphatic heterocycles. The molecule has 2 aromatic carbocycles. The van der Waals surface area contributed by atoms with Crippen molar-refractivity contribution in [3.8, 4) is 11.6 Å². The predicted octanol–water partition coefficient (Wildman–Crippen LogP) is 2.15. The van der Waals surface area contributed by atoms with Crippen molar-refractivity contribution in [2.75, 3.05) is 5.32 Å². The van der Waals surface area contributed by atoms with E-state index >= 15 is 0 Å². The first-order valence-corrected chi connectivity index (χ1v) is 9.20. The Morgan fingerprint density at radius 2 is 1.96 bits per heavy atom. The van der Waals surface area contributed by atoms with Gasteiger partial charge in [-0.05, 0) is 48.0 Å². The fraction of sp³-hybridized carbons (Fsp3) is 0.158. The number of nitrogens with one attached hydrogen (secondary N) is 1. The maximum Gasteiger partial charge on any atom is 0.335 e. The van der Waals surface area contributed by atoms with Crippen LogP contribution >= 0.6 is 11.8 Å². The average molecular weight is 399 g/mol. The number of benzene rings is 2. The van der Waals surface area contributed by atoms with E-state index in [0.29, 0.717) is 11.4 Å². The van der Waals surface area contributed by atoms with Crippen LogP contribution in [0.5, 0.6) is 5.95 Å². The molecule has 3 aromatic rings. The molecule has 0 saturated carbocycles. The van der Waals surface area contributed by atoms with E-state index in [2.05, 4.69) is 10.6 Å². The second-order valence-electron chi connectivity index (χ2n) is 6.00. The van der Waals surface area contributed by atoms with Crippen LogP contribution in [0, 0.1) is 6.92 Å². The number of anilines is 1. The van der Waals surface area contributed by atoms with Crippen LogP contribution < -0.4 is 15.1 Å². The Morgan fingerprint density at radius 3 is 2.64 bits per heavy atom. The van der Waals surface area contributed by atoms with Crippen LogP contribution in [0.25, 0.3) is 5.69 Å². The first-order chi connectivity index (χ1) is 13.4. The van der Waals surface area contributed by atoms with E-state index in [9.17, 15) is 14.7 Å². The van der Waals surface area contributed by atoms with Crippen molar-refractivity contribution < 1.29 is 29.0 Å². The number of thioether (sulfide) groups is 1. The number of rotatable bonds is 6. The number of carbonyl (C=O) groups excluding carboxylic acids is 1. The van der Waals surface area contributed by atoms with Crippen LogP contribution in [0.2, 0.25) is 0 Å². The zero-order chi connectivity index (χ0) is 20.3. The van der Waals surface area contributed by atoms with Gasteiger partial charge in [-0.25, -0.2) is 4.79 Å². The fourth-order valence-corrected chi connectivity index (χ4v) is 3.29. The van der Waals surface area contributed by atoms with Gasteiger partial charge >= 0.3 is 5.97 Å². The van der Waals surface area contributed by atoms with E-state index in [1.54, 1.807) is 44.2 Å². The second kappa shape index (κ2) is 8.13. The molecule has 144 valence electrons. The van der Waals surface area contributed by atoms with Gasteiger partial charge in [0.05, 0.1) is 16.1 Å². The molecule has 9 heteroatoms. The van der Waals surface area contributed by atoms with E-state index in [4.69, 9.17) is 9.63 Å². The molecule has 0 radical (unpaired) electrons. The summed E-state index contributed by atoms with van der Waals surface area (Å²) in [6, 6.07) is 13.4. The highest BCUT2D eigenvalue weighted by Gasteiger charge is 2.26. The van der Waals surface area contributed by atoms with E-state index < -0.39 is 17.2 Å². The summed E-state index contributed by atoms with van der Waals surface area (Å²) in [4.78, 5) is 23.7. The Hall–Kier alpha value is -3.33. The summed E-state index contributed by atoms with van der Waals surface area (Å²) in [6.07, 6.45) is 0. The van der Waals surface area contributed by atoms with E-state index in [-0.39, 0.29) is 16.5 Å². The van der Waals surface area contributed by atoms with Gasteiger partial charge in [-0.1, -0.05) is 24.3 Å². The minimum Gasteiger partial charge on any atom is -0.538 e. The number of nitrogens with zero attached hydrogens (tertiary/aromatic N) is 2. The summed E-state index contributed by atoms with van der Waals surface area (Å²) in [5.74, 6) is -2.10. The molecule has 0 aliphatic carbocycles. The number of para-hydroxylation sites is 1. The highest BCUT2D eigenvalue weighted by molar-refractivity contribution is 8.00. The Balaban J connectivity index is 1.78. The van der Waals surface area contributed by atoms with Crippen molar-refractivity contribution in [3.05, 3.63) is 59.7 Å². The van der Waals surface area contributed by atoms with E-state index in [1.165, 1.54) is 16.8 Å². The number of carbonyl (C=O) groups is 2. The van der Waals surface area contributed by atoms with Crippen molar-refractivity contribution in [2.24, 2.45) is 0 Å². The minimum absolute atomic E-state index is 0.0732. The normalized spacial score (nSPS) is 11.8. The lowest BCUT2D eigenvalue weighted by Crippen LogP contribution is -2.36. The highest BCUT2D eigenvalue weighted by Crippen LogP contribution is 2.28. The number of amides is 1. The summed E-state index contributed by atoms with van der Waals surface area (Å²) < 4.78 is 6.09. The molecule has 1 amide bonds. The molecule has 0 spiro atoms. The number of hydrogen-bond acceptors (Lipinski definition) is 6. The number of carboxylic acid groups (broad SMARTS) is 1. The zero-order valence-corrected chi connectivity index (χ0v) is 15.9. The van der Waals surface area contributed by atoms with E-state index in [1.807, 2.05) is 6.07 Å². The highest BCUT2D eigenvalue weighted by atomic mass is 32.2. The van der Waals surface area contributed by atoms with E-state index in [0.717, 1.165) is 17.3 Å². The van der Waals surface area contributed by atoms with Crippen LogP contribution in [0.4, 0.5) is 5.69 Å². The maximum atomic E-state index is 12.6. The van der Waals surface area contributed by atoms with Gasteiger partial charge in [0, 0.05) is 17.8 Å². The third kappa shape index (κ3) is 4.15. The van der Waals surface area contributed by atoms with Gasteiger partial charge in [0.2, 0.25) is 11.6 Å². The smallest absolute Gasteiger partial charge is 0.335 e. The number of aryl methyl sites for hydroxylation is 1. The lowest BCUT2D eigenvalue weighted by molar-refractivity contribution is -0.705. The van der Waals surface area contributed by atoms with Gasteiger partial charge in [-0.2, -0.15) is 0 Å². The average Bonchev–Trinajstić information content (AvgIpc) is 3.04. The van der Waals surface area contributed by atoms with Crippen molar-refractivity contribution in [2.45, 2.75) is 24.1 Å². The molecular formula is C19H17N3O5S. The van der Waals surface area contributed by atoms with Crippen LogP contribution in [-0.4, -0.2) is 27.5 Å². The minimum atomic E-state index is -1.08. The lowest BCUT2D eigenvalue weighted by Gasteiger charge is -2.13. The number of hydrogen-bond donors (Lipinski definition) is 2. The number of carboxylic acids is 1. The molecule has 1 heterocycles. The summed E-state index contributed by atoms with van der Waals surface area (Å²) in [5, 5.41) is 27.1. The molecule has 8 nitrogen and oxygen atoms in total. The van der Waals surface area contributed by atoms with Crippen LogP contribution in [0.1, 0.15) is 22.8 Å². The van der Waals surface area contributed by atoms with Crippen molar-refractivity contribution >= 4 is 29.3 Å². The Labute approximate surface area is 164 Å². The van der Waals surface area contributed by atoms with Gasteiger partial charge in [-0.3, -0.25) is 4.79 Å². The molecule has 3 rings (SSSR count). The van der Waals surface area contributed by atoms with Gasteiger partial charge in [0.1, 0.15) is 0 Å². The monoisotopic (exact) mass is 399 g/mol. The van der Waals surface area contributed by atoms with Crippen molar-refractivity contribution in [3.63, 3.8) is 0 Å². The second-order valence-corrected chi connectivity index (χ2v) is 7.33. The quantitative estimate of drug-likeness (QED) is 0.481. The third-order valence-electron chi connectivity index (χ3n) is 3.97. The van der Waals surface area contributed by atoms with Crippen molar-refractivity contribution in [1.82, 2.24) is 5.27 Å². The Kier molecular flexibility index (Phi) is 5.65. The molecule has 0 fully saturated rings. The van der Waals surface area contributed by atoms with Crippen molar-refractivity contribution in [1.29, 1.82) is 0 Å². The molecule has 1 atom stereocenters. The number of aromatic nitrogens is 2.